The number of methoxy groups -OCH3 is 1. The number of hydrogen-bond acceptors (Lipinski definition) is 8. The van der Waals surface area contributed by atoms with E-state index in [2.05, 4.69) is 30.8 Å². The van der Waals surface area contributed by atoms with Crippen molar-refractivity contribution in [1.82, 2.24) is 30.0 Å². The molecule has 3 rings (SSSR count). The Bertz CT molecular complexity index is 686. The van der Waals surface area contributed by atoms with Gasteiger partial charge in [-0.15, -0.1) is 10.2 Å². The van der Waals surface area contributed by atoms with Gasteiger partial charge in [-0.25, -0.2) is 4.98 Å². The fourth-order valence-corrected chi connectivity index (χ4v) is 2.91. The van der Waals surface area contributed by atoms with E-state index in [0.717, 1.165) is 48.8 Å². The number of nitrogen functional groups attached to an aromatic ring is 1. The molecule has 0 bridgehead atoms. The molecular formula is C15H24N8O. The van der Waals surface area contributed by atoms with Gasteiger partial charge in [-0.05, 0) is 19.9 Å². The first kappa shape index (κ1) is 16.6. The topological polar surface area (TPSA) is 116 Å². The number of hydrogen-bond donors (Lipinski definition) is 3. The van der Waals surface area contributed by atoms with Crippen LogP contribution < -0.4 is 16.4 Å². The highest BCUT2D eigenvalue weighted by atomic mass is 16.5. The number of nitrogens with two attached hydrogens (primary N) is 1. The summed E-state index contributed by atoms with van der Waals surface area (Å²) < 4.78 is 7.11. The summed E-state index contributed by atoms with van der Waals surface area (Å²) in [5.41, 5.74) is 8.04. The molecule has 1 aliphatic rings. The van der Waals surface area contributed by atoms with Crippen LogP contribution in [0.5, 0.6) is 0 Å². The van der Waals surface area contributed by atoms with E-state index in [0.29, 0.717) is 19.1 Å². The van der Waals surface area contributed by atoms with Gasteiger partial charge in [-0.2, -0.15) is 4.98 Å². The number of rotatable bonds is 6. The maximum Gasteiger partial charge on any atom is 0.222 e. The van der Waals surface area contributed by atoms with Crippen LogP contribution in [0.4, 0.5) is 11.8 Å². The van der Waals surface area contributed by atoms with Gasteiger partial charge in [0.25, 0.3) is 0 Å². The van der Waals surface area contributed by atoms with Crippen LogP contribution in [-0.2, 0) is 24.1 Å². The molecule has 0 amide bonds. The van der Waals surface area contributed by atoms with E-state index < -0.39 is 0 Å². The normalized spacial score (nSPS) is 15.6. The maximum absolute atomic E-state index is 5.89. The highest BCUT2D eigenvalue weighted by Gasteiger charge is 2.19. The first-order valence-electron chi connectivity index (χ1n) is 8.18. The van der Waals surface area contributed by atoms with Crippen LogP contribution in [0.15, 0.2) is 6.33 Å². The van der Waals surface area contributed by atoms with Gasteiger partial charge in [-0.3, -0.25) is 0 Å². The molecule has 0 spiro atoms. The van der Waals surface area contributed by atoms with Crippen LogP contribution in [0.2, 0.25) is 0 Å². The summed E-state index contributed by atoms with van der Waals surface area (Å²) in [6, 6.07) is -0.0565. The minimum absolute atomic E-state index is 0.0565. The summed E-state index contributed by atoms with van der Waals surface area (Å²) in [4.78, 5) is 8.81. The van der Waals surface area contributed by atoms with Gasteiger partial charge in [0.15, 0.2) is 5.82 Å². The van der Waals surface area contributed by atoms with Crippen molar-refractivity contribution >= 4 is 11.8 Å². The molecule has 9 nitrogen and oxygen atoms in total. The summed E-state index contributed by atoms with van der Waals surface area (Å²) >= 11 is 0. The first-order valence-corrected chi connectivity index (χ1v) is 8.18. The van der Waals surface area contributed by atoms with Crippen LogP contribution >= 0.6 is 0 Å². The average Bonchev–Trinajstić information content (AvgIpc) is 2.90. The highest BCUT2D eigenvalue weighted by Crippen LogP contribution is 2.24. The second-order valence-corrected chi connectivity index (χ2v) is 5.85. The zero-order chi connectivity index (χ0) is 16.9. The molecule has 0 fully saturated rings. The lowest BCUT2D eigenvalue weighted by Gasteiger charge is -2.18. The molecule has 9 heteroatoms. The van der Waals surface area contributed by atoms with Crippen molar-refractivity contribution in [3.63, 3.8) is 0 Å². The van der Waals surface area contributed by atoms with Gasteiger partial charge in [0.2, 0.25) is 5.95 Å². The smallest absolute Gasteiger partial charge is 0.222 e. The van der Waals surface area contributed by atoms with E-state index in [1.165, 1.54) is 0 Å². The molecule has 0 radical (unpaired) electrons. The molecule has 3 heterocycles. The third-order valence-corrected chi connectivity index (χ3v) is 4.12. The molecule has 4 N–H and O–H groups in total. The van der Waals surface area contributed by atoms with E-state index in [4.69, 9.17) is 10.5 Å². The zero-order valence-corrected chi connectivity index (χ0v) is 14.1. The molecule has 0 saturated carbocycles. The predicted molar refractivity (Wildman–Crippen MR) is 90.7 cm³/mol. The Morgan fingerprint density at radius 1 is 1.38 bits per heavy atom. The molecule has 0 aliphatic carbocycles. The highest BCUT2D eigenvalue weighted by molar-refractivity contribution is 5.51. The van der Waals surface area contributed by atoms with Gasteiger partial charge in [0.05, 0.1) is 18.3 Å². The lowest BCUT2D eigenvalue weighted by molar-refractivity contribution is 0.186. The maximum atomic E-state index is 5.89. The minimum Gasteiger partial charge on any atom is -0.383 e. The first-order chi connectivity index (χ1) is 11.7. The molecule has 1 aliphatic heterocycles. The molecule has 0 aromatic carbocycles. The quantitative estimate of drug-likeness (QED) is 0.685. The fraction of sp³-hybridized carbons (Fsp3) is 0.600. The largest absolute Gasteiger partial charge is 0.383 e. The standard InChI is InChI=1S/C15H24N8O/c1-10(14-22-18-9-23(14)7-8-24-2)19-13-11-3-5-17-6-4-12(11)20-15(16)21-13/h9-10,17H,3-8H2,1-2H3,(H3,16,19,20,21)/t10-/m0/s1. The van der Waals surface area contributed by atoms with Crippen LogP contribution in [0.1, 0.15) is 30.0 Å². The predicted octanol–water partition coefficient (Wildman–Crippen LogP) is 0.158. The average molecular weight is 332 g/mol. The van der Waals surface area contributed by atoms with E-state index in [1.807, 2.05) is 11.5 Å². The lowest BCUT2D eigenvalue weighted by Crippen LogP contribution is -2.18. The van der Waals surface area contributed by atoms with E-state index in [1.54, 1.807) is 13.4 Å². The Labute approximate surface area is 141 Å². The second-order valence-electron chi connectivity index (χ2n) is 5.85. The van der Waals surface area contributed by atoms with Gasteiger partial charge in [-0.1, -0.05) is 0 Å². The van der Waals surface area contributed by atoms with Crippen molar-refractivity contribution in [1.29, 1.82) is 0 Å². The molecule has 2 aromatic rings. The van der Waals surface area contributed by atoms with Crippen LogP contribution in [-0.4, -0.2) is 51.5 Å². The summed E-state index contributed by atoms with van der Waals surface area (Å²) in [6.45, 7) is 5.17. The van der Waals surface area contributed by atoms with Gasteiger partial charge in [0, 0.05) is 32.2 Å². The van der Waals surface area contributed by atoms with Crippen LogP contribution in [0.25, 0.3) is 0 Å². The molecule has 0 saturated heterocycles. The van der Waals surface area contributed by atoms with Crippen molar-refractivity contribution in [3.8, 4) is 0 Å². The fourth-order valence-electron chi connectivity index (χ4n) is 2.91. The summed E-state index contributed by atoms with van der Waals surface area (Å²) in [7, 11) is 1.68. The number of nitrogens with one attached hydrogen (secondary N) is 2. The molecule has 2 aromatic heterocycles. The summed E-state index contributed by atoms with van der Waals surface area (Å²) in [6.07, 6.45) is 3.45. The van der Waals surface area contributed by atoms with Crippen LogP contribution in [0.3, 0.4) is 0 Å². The molecule has 1 atom stereocenters. The van der Waals surface area contributed by atoms with Crippen molar-refractivity contribution in [2.75, 3.05) is 37.9 Å². The number of fused-ring (bicyclic) bond motifs is 1. The van der Waals surface area contributed by atoms with Crippen molar-refractivity contribution in [3.05, 3.63) is 23.4 Å². The van der Waals surface area contributed by atoms with E-state index in [9.17, 15) is 0 Å². The monoisotopic (exact) mass is 332 g/mol. The number of aromatic nitrogens is 5. The summed E-state index contributed by atoms with van der Waals surface area (Å²) in [5.74, 6) is 1.92. The number of anilines is 2. The van der Waals surface area contributed by atoms with Crippen molar-refractivity contribution in [2.24, 2.45) is 0 Å². The van der Waals surface area contributed by atoms with E-state index >= 15 is 0 Å². The van der Waals surface area contributed by atoms with Crippen molar-refractivity contribution in [2.45, 2.75) is 32.4 Å². The zero-order valence-electron chi connectivity index (χ0n) is 14.1. The van der Waals surface area contributed by atoms with Gasteiger partial charge < -0.3 is 25.7 Å². The van der Waals surface area contributed by atoms with E-state index in [-0.39, 0.29) is 6.04 Å². The number of ether oxygens (including phenoxy) is 1. The van der Waals surface area contributed by atoms with Crippen LogP contribution in [0, 0.1) is 0 Å². The summed E-state index contributed by atoms with van der Waals surface area (Å²) in [5, 5.41) is 15.0. The molecule has 0 unspecified atom stereocenters. The SMILES string of the molecule is COCCn1cnnc1[C@H](C)Nc1nc(N)nc2c1CCNCC2. The Kier molecular flexibility index (Phi) is 5.21. The second kappa shape index (κ2) is 7.54. The van der Waals surface area contributed by atoms with Gasteiger partial charge in [0.1, 0.15) is 12.1 Å². The molecule has 24 heavy (non-hydrogen) atoms. The number of nitrogens with zero attached hydrogens (tertiary/aromatic N) is 5. The van der Waals surface area contributed by atoms with Gasteiger partial charge >= 0.3 is 0 Å². The third-order valence-electron chi connectivity index (χ3n) is 4.12. The Balaban J connectivity index is 1.83. The minimum atomic E-state index is -0.0565. The Hall–Kier alpha value is -2.26. The molecule has 130 valence electrons. The lowest BCUT2D eigenvalue weighted by atomic mass is 10.1. The van der Waals surface area contributed by atoms with Crippen molar-refractivity contribution < 1.29 is 4.74 Å². The third kappa shape index (κ3) is 3.62. The Morgan fingerprint density at radius 3 is 3.04 bits per heavy atom. The molecular weight excluding hydrogens is 308 g/mol. The Morgan fingerprint density at radius 2 is 2.21 bits per heavy atom.